The van der Waals surface area contributed by atoms with Crippen LogP contribution in [0.5, 0.6) is 11.6 Å². The molecule has 2 aromatic rings. The Bertz CT molecular complexity index is 602. The van der Waals surface area contributed by atoms with E-state index in [9.17, 15) is 4.79 Å². The van der Waals surface area contributed by atoms with Crippen molar-refractivity contribution in [2.45, 2.75) is 0 Å². The first-order valence-electron chi connectivity index (χ1n) is 4.95. The summed E-state index contributed by atoms with van der Waals surface area (Å²) in [4.78, 5) is 15.2. The lowest BCUT2D eigenvalue weighted by Gasteiger charge is -2.07. The second-order valence-corrected chi connectivity index (χ2v) is 5.20. The third-order valence-electron chi connectivity index (χ3n) is 2.11. The number of primary amides is 1. The third kappa shape index (κ3) is 3.08. The number of aromatic nitrogens is 1. The van der Waals surface area contributed by atoms with Gasteiger partial charge in [-0.05, 0) is 56.1 Å². The van der Waals surface area contributed by atoms with Crippen LogP contribution in [0, 0.1) is 0 Å². The van der Waals surface area contributed by atoms with Crippen LogP contribution >= 0.6 is 31.9 Å². The quantitative estimate of drug-likeness (QED) is 0.897. The molecular weight excluding hydrogens is 364 g/mol. The molecule has 2 N–H and O–H groups in total. The van der Waals surface area contributed by atoms with Crippen molar-refractivity contribution in [1.82, 2.24) is 4.98 Å². The molecule has 0 fully saturated rings. The average Bonchev–Trinajstić information content (AvgIpc) is 2.33. The minimum Gasteiger partial charge on any atom is -0.438 e. The van der Waals surface area contributed by atoms with Crippen LogP contribution in [0.25, 0.3) is 0 Å². The van der Waals surface area contributed by atoms with Gasteiger partial charge in [0.05, 0.1) is 4.47 Å². The highest BCUT2D eigenvalue weighted by Crippen LogP contribution is 2.29. The number of ether oxygens (including phenoxy) is 1. The van der Waals surface area contributed by atoms with E-state index in [0.717, 1.165) is 4.47 Å². The average molecular weight is 372 g/mol. The Labute approximate surface area is 120 Å². The van der Waals surface area contributed by atoms with Crippen LogP contribution in [-0.4, -0.2) is 10.9 Å². The van der Waals surface area contributed by atoms with Gasteiger partial charge in [-0.25, -0.2) is 4.98 Å². The molecule has 0 aliphatic heterocycles. The maximum atomic E-state index is 11.1. The fourth-order valence-corrected chi connectivity index (χ4v) is 2.37. The van der Waals surface area contributed by atoms with E-state index in [2.05, 4.69) is 36.8 Å². The molecule has 0 saturated carbocycles. The van der Waals surface area contributed by atoms with E-state index in [1.807, 2.05) is 6.07 Å². The molecule has 92 valence electrons. The normalized spacial score (nSPS) is 10.1. The summed E-state index contributed by atoms with van der Waals surface area (Å²) in [7, 11) is 0. The molecular formula is C12H8Br2N2O2. The van der Waals surface area contributed by atoms with Gasteiger partial charge < -0.3 is 10.5 Å². The minimum absolute atomic E-state index is 0.390. The summed E-state index contributed by atoms with van der Waals surface area (Å²) in [5, 5.41) is 0. The minimum atomic E-state index is -0.497. The summed E-state index contributed by atoms with van der Waals surface area (Å²) in [6.07, 6.45) is 1.62. The molecule has 0 unspecified atom stereocenters. The van der Waals surface area contributed by atoms with Gasteiger partial charge in [0.1, 0.15) is 5.75 Å². The molecule has 0 aliphatic carbocycles. The van der Waals surface area contributed by atoms with Crippen LogP contribution in [0.15, 0.2) is 45.5 Å². The van der Waals surface area contributed by atoms with Crippen molar-refractivity contribution >= 4 is 37.8 Å². The lowest BCUT2D eigenvalue weighted by atomic mass is 10.2. The first-order chi connectivity index (χ1) is 8.56. The van der Waals surface area contributed by atoms with Crippen LogP contribution in [0.4, 0.5) is 0 Å². The SMILES string of the molecule is NC(=O)c1cccc(Oc2ncc(Br)cc2Br)c1. The zero-order valence-electron chi connectivity index (χ0n) is 9.06. The van der Waals surface area contributed by atoms with Crippen molar-refractivity contribution in [3.63, 3.8) is 0 Å². The van der Waals surface area contributed by atoms with Crippen LogP contribution in [0.2, 0.25) is 0 Å². The van der Waals surface area contributed by atoms with E-state index >= 15 is 0 Å². The van der Waals surface area contributed by atoms with E-state index in [1.54, 1.807) is 30.5 Å². The zero-order valence-corrected chi connectivity index (χ0v) is 12.2. The van der Waals surface area contributed by atoms with Crippen LogP contribution in [0.3, 0.4) is 0 Å². The second kappa shape index (κ2) is 5.49. The van der Waals surface area contributed by atoms with Crippen molar-refractivity contribution in [3.8, 4) is 11.6 Å². The van der Waals surface area contributed by atoms with Crippen LogP contribution in [-0.2, 0) is 0 Å². The number of nitrogens with zero attached hydrogens (tertiary/aromatic N) is 1. The van der Waals surface area contributed by atoms with E-state index < -0.39 is 5.91 Å². The fourth-order valence-electron chi connectivity index (χ4n) is 1.30. The van der Waals surface area contributed by atoms with Crippen molar-refractivity contribution in [2.24, 2.45) is 5.73 Å². The van der Waals surface area contributed by atoms with Gasteiger partial charge in [-0.3, -0.25) is 4.79 Å². The number of halogens is 2. The highest BCUT2D eigenvalue weighted by atomic mass is 79.9. The number of amides is 1. The summed E-state index contributed by atoms with van der Waals surface area (Å²) in [5.74, 6) is 0.421. The molecule has 6 heteroatoms. The van der Waals surface area contributed by atoms with Gasteiger partial charge in [-0.1, -0.05) is 6.07 Å². The molecule has 0 aliphatic rings. The van der Waals surface area contributed by atoms with Crippen molar-refractivity contribution in [2.75, 3.05) is 0 Å². The molecule has 0 atom stereocenters. The van der Waals surface area contributed by atoms with Crippen LogP contribution < -0.4 is 10.5 Å². The van der Waals surface area contributed by atoms with Gasteiger partial charge in [-0.15, -0.1) is 0 Å². The lowest BCUT2D eigenvalue weighted by molar-refractivity contribution is 0.1000. The van der Waals surface area contributed by atoms with Gasteiger partial charge >= 0.3 is 0 Å². The molecule has 4 nitrogen and oxygen atoms in total. The van der Waals surface area contributed by atoms with Gasteiger partial charge in [0.25, 0.3) is 0 Å². The Balaban J connectivity index is 2.28. The van der Waals surface area contributed by atoms with E-state index in [0.29, 0.717) is 21.7 Å². The largest absolute Gasteiger partial charge is 0.438 e. The zero-order chi connectivity index (χ0) is 13.1. The number of carbonyl (C=O) groups excluding carboxylic acids is 1. The highest BCUT2D eigenvalue weighted by Gasteiger charge is 2.07. The molecule has 0 bridgehead atoms. The predicted octanol–water partition coefficient (Wildman–Crippen LogP) is 3.50. The van der Waals surface area contributed by atoms with E-state index in [-0.39, 0.29) is 0 Å². The number of hydrogen-bond acceptors (Lipinski definition) is 3. The van der Waals surface area contributed by atoms with Crippen molar-refractivity contribution < 1.29 is 9.53 Å². The molecule has 1 aromatic heterocycles. The highest BCUT2D eigenvalue weighted by molar-refractivity contribution is 9.11. The molecule has 0 saturated heterocycles. The van der Waals surface area contributed by atoms with E-state index in [4.69, 9.17) is 10.5 Å². The van der Waals surface area contributed by atoms with Crippen molar-refractivity contribution in [1.29, 1.82) is 0 Å². The summed E-state index contributed by atoms with van der Waals surface area (Å²) < 4.78 is 7.12. The summed E-state index contributed by atoms with van der Waals surface area (Å²) >= 11 is 6.65. The Hall–Kier alpha value is -1.40. The fraction of sp³-hybridized carbons (Fsp3) is 0. The summed E-state index contributed by atoms with van der Waals surface area (Å²) in [6, 6.07) is 8.43. The number of pyridine rings is 1. The Morgan fingerprint density at radius 3 is 2.72 bits per heavy atom. The number of benzene rings is 1. The number of hydrogen-bond donors (Lipinski definition) is 1. The summed E-state index contributed by atoms with van der Waals surface area (Å²) in [5.41, 5.74) is 5.59. The second-order valence-electron chi connectivity index (χ2n) is 3.43. The monoisotopic (exact) mass is 370 g/mol. The van der Waals surface area contributed by atoms with E-state index in [1.165, 1.54) is 0 Å². The topological polar surface area (TPSA) is 65.2 Å². The first kappa shape index (κ1) is 13.0. The van der Waals surface area contributed by atoms with Gasteiger partial charge in [0, 0.05) is 16.2 Å². The Morgan fingerprint density at radius 1 is 1.28 bits per heavy atom. The molecule has 18 heavy (non-hydrogen) atoms. The molecule has 1 amide bonds. The van der Waals surface area contributed by atoms with Gasteiger partial charge in [0.2, 0.25) is 11.8 Å². The number of carbonyl (C=O) groups is 1. The van der Waals surface area contributed by atoms with Crippen LogP contribution in [0.1, 0.15) is 10.4 Å². The molecule has 1 heterocycles. The summed E-state index contributed by atoms with van der Waals surface area (Å²) in [6.45, 7) is 0. The number of nitrogens with two attached hydrogens (primary N) is 1. The predicted molar refractivity (Wildman–Crippen MR) is 74.7 cm³/mol. The smallest absolute Gasteiger partial charge is 0.248 e. The Morgan fingerprint density at radius 2 is 2.06 bits per heavy atom. The maximum absolute atomic E-state index is 11.1. The lowest BCUT2D eigenvalue weighted by Crippen LogP contribution is -2.10. The first-order valence-corrected chi connectivity index (χ1v) is 6.53. The van der Waals surface area contributed by atoms with Crippen molar-refractivity contribution in [3.05, 3.63) is 51.0 Å². The molecule has 2 rings (SSSR count). The van der Waals surface area contributed by atoms with Gasteiger partial charge in [-0.2, -0.15) is 0 Å². The Kier molecular flexibility index (Phi) is 3.98. The molecule has 1 aromatic carbocycles. The standard InChI is InChI=1S/C12H8Br2N2O2/c13-8-5-10(14)12(16-6-8)18-9-3-1-2-7(4-9)11(15)17/h1-6H,(H2,15,17). The molecule has 0 radical (unpaired) electrons. The maximum Gasteiger partial charge on any atom is 0.248 e. The van der Waals surface area contributed by atoms with Gasteiger partial charge in [0.15, 0.2) is 0 Å². The molecule has 0 spiro atoms. The number of rotatable bonds is 3. The third-order valence-corrected chi connectivity index (χ3v) is 3.11.